The molecule has 1 aliphatic heterocycles. The third kappa shape index (κ3) is 4.92. The van der Waals surface area contributed by atoms with Crippen molar-refractivity contribution in [1.29, 1.82) is 0 Å². The van der Waals surface area contributed by atoms with Crippen LogP contribution in [0.2, 0.25) is 0 Å². The zero-order chi connectivity index (χ0) is 20.8. The Labute approximate surface area is 177 Å². The summed E-state index contributed by atoms with van der Waals surface area (Å²) in [5.41, 5.74) is 9.01. The minimum Gasteiger partial charge on any atom is -0.485 e. The number of para-hydroxylation sites is 2. The van der Waals surface area contributed by atoms with E-state index < -0.39 is 0 Å². The second kappa shape index (κ2) is 9.35. The monoisotopic (exact) mass is 401 g/mol. The highest BCUT2D eigenvalue weighted by atomic mass is 16.5. The van der Waals surface area contributed by atoms with Crippen molar-refractivity contribution in [1.82, 2.24) is 4.90 Å². The topological polar surface area (TPSA) is 60.1 Å². The van der Waals surface area contributed by atoms with Crippen LogP contribution in [0.15, 0.2) is 77.8 Å². The molecule has 154 valence electrons. The van der Waals surface area contributed by atoms with E-state index in [1.807, 2.05) is 79.1 Å². The summed E-state index contributed by atoms with van der Waals surface area (Å²) in [5.74, 6) is 2.44. The summed E-state index contributed by atoms with van der Waals surface area (Å²) in [4.78, 5) is 6.54. The highest BCUT2D eigenvalue weighted by molar-refractivity contribution is 5.58. The Morgan fingerprint density at radius 1 is 0.967 bits per heavy atom. The standard InChI is InChI=1S/C25H27N3O2/c1-19(16-28-14-13-27-18-28)22-15-21(26)11-12-23(22)30-25-10-6-5-9-24(25)29-17-20-7-3-2-4-8-20/h2-12,15,18-19H,13-14,16-17,26H2,1H3. The summed E-state index contributed by atoms with van der Waals surface area (Å²) in [5, 5.41) is 0. The number of hydrogen-bond donors (Lipinski definition) is 1. The molecule has 5 nitrogen and oxygen atoms in total. The maximum atomic E-state index is 6.34. The Balaban J connectivity index is 1.53. The van der Waals surface area contributed by atoms with Gasteiger partial charge in [-0.2, -0.15) is 0 Å². The van der Waals surface area contributed by atoms with Gasteiger partial charge in [-0.25, -0.2) is 0 Å². The first kappa shape index (κ1) is 19.8. The molecule has 2 N–H and O–H groups in total. The van der Waals surface area contributed by atoms with E-state index in [0.717, 1.165) is 42.2 Å². The Morgan fingerprint density at radius 3 is 2.50 bits per heavy atom. The second-order valence-corrected chi connectivity index (χ2v) is 7.54. The molecule has 0 aromatic heterocycles. The van der Waals surface area contributed by atoms with Gasteiger partial charge in [0.05, 0.1) is 12.9 Å². The van der Waals surface area contributed by atoms with Crippen LogP contribution in [0, 0.1) is 0 Å². The summed E-state index contributed by atoms with van der Waals surface area (Å²) in [7, 11) is 0. The molecule has 1 aliphatic rings. The molecule has 0 aliphatic carbocycles. The van der Waals surface area contributed by atoms with Crippen LogP contribution in [0.4, 0.5) is 5.69 Å². The average Bonchev–Trinajstić information content (AvgIpc) is 3.28. The maximum Gasteiger partial charge on any atom is 0.169 e. The largest absolute Gasteiger partial charge is 0.485 e. The maximum absolute atomic E-state index is 6.34. The summed E-state index contributed by atoms with van der Waals surface area (Å²) in [6, 6.07) is 23.7. The number of nitrogen functional groups attached to an aromatic ring is 1. The van der Waals surface area contributed by atoms with E-state index in [-0.39, 0.29) is 5.92 Å². The number of nitrogens with zero attached hydrogens (tertiary/aromatic N) is 2. The van der Waals surface area contributed by atoms with Gasteiger partial charge in [-0.05, 0) is 35.9 Å². The fourth-order valence-electron chi connectivity index (χ4n) is 3.56. The number of benzene rings is 3. The van der Waals surface area contributed by atoms with Gasteiger partial charge in [0.1, 0.15) is 12.4 Å². The van der Waals surface area contributed by atoms with E-state index in [1.165, 1.54) is 0 Å². The number of nitrogens with two attached hydrogens (primary N) is 1. The summed E-state index contributed by atoms with van der Waals surface area (Å²) < 4.78 is 12.4. The van der Waals surface area contributed by atoms with Crippen molar-refractivity contribution in [2.75, 3.05) is 25.4 Å². The Bertz CT molecular complexity index is 1000. The van der Waals surface area contributed by atoms with Gasteiger partial charge in [-0.15, -0.1) is 0 Å². The van der Waals surface area contributed by atoms with Crippen LogP contribution in [0.25, 0.3) is 0 Å². The molecule has 3 aromatic rings. The third-order valence-corrected chi connectivity index (χ3v) is 5.14. The van der Waals surface area contributed by atoms with Crippen molar-refractivity contribution in [3.63, 3.8) is 0 Å². The lowest BCUT2D eigenvalue weighted by atomic mass is 9.99. The van der Waals surface area contributed by atoms with Crippen molar-refractivity contribution >= 4 is 12.0 Å². The number of hydrogen-bond acceptors (Lipinski definition) is 5. The zero-order valence-corrected chi connectivity index (χ0v) is 17.2. The van der Waals surface area contributed by atoms with Gasteiger partial charge in [0, 0.05) is 30.3 Å². The van der Waals surface area contributed by atoms with E-state index in [0.29, 0.717) is 18.1 Å². The van der Waals surface area contributed by atoms with Gasteiger partial charge in [0.15, 0.2) is 11.5 Å². The molecule has 0 bridgehead atoms. The predicted molar refractivity (Wildman–Crippen MR) is 121 cm³/mol. The Hall–Kier alpha value is -3.47. The van der Waals surface area contributed by atoms with Crippen molar-refractivity contribution < 1.29 is 9.47 Å². The van der Waals surface area contributed by atoms with E-state index >= 15 is 0 Å². The molecule has 0 spiro atoms. The molecule has 1 unspecified atom stereocenters. The number of rotatable bonds is 8. The summed E-state index contributed by atoms with van der Waals surface area (Å²) >= 11 is 0. The molecular weight excluding hydrogens is 374 g/mol. The van der Waals surface area contributed by atoms with Gasteiger partial charge in [0.2, 0.25) is 0 Å². The summed E-state index contributed by atoms with van der Waals surface area (Å²) in [6.45, 7) is 5.36. The minimum atomic E-state index is 0.241. The molecule has 0 amide bonds. The Morgan fingerprint density at radius 2 is 1.73 bits per heavy atom. The van der Waals surface area contributed by atoms with E-state index in [4.69, 9.17) is 15.2 Å². The van der Waals surface area contributed by atoms with Crippen LogP contribution < -0.4 is 15.2 Å². The fourth-order valence-corrected chi connectivity index (χ4v) is 3.56. The molecule has 0 fully saturated rings. The SMILES string of the molecule is CC(CN1C=NCC1)c1cc(N)ccc1Oc1ccccc1OCc1ccccc1. The van der Waals surface area contributed by atoms with E-state index in [2.05, 4.69) is 16.8 Å². The molecular formula is C25H27N3O2. The first-order valence-electron chi connectivity index (χ1n) is 10.3. The van der Waals surface area contributed by atoms with Crippen molar-refractivity contribution in [3.05, 3.63) is 83.9 Å². The fraction of sp³-hybridized carbons (Fsp3) is 0.240. The van der Waals surface area contributed by atoms with Crippen LogP contribution in [-0.2, 0) is 6.61 Å². The first-order valence-corrected chi connectivity index (χ1v) is 10.3. The van der Waals surface area contributed by atoms with Gasteiger partial charge in [0.25, 0.3) is 0 Å². The number of aliphatic imine (C=N–C) groups is 1. The van der Waals surface area contributed by atoms with Crippen LogP contribution in [0.1, 0.15) is 24.0 Å². The lowest BCUT2D eigenvalue weighted by molar-refractivity contribution is 0.291. The third-order valence-electron chi connectivity index (χ3n) is 5.14. The molecule has 3 aromatic carbocycles. The van der Waals surface area contributed by atoms with Crippen LogP contribution in [-0.4, -0.2) is 30.9 Å². The number of anilines is 1. The zero-order valence-electron chi connectivity index (χ0n) is 17.2. The van der Waals surface area contributed by atoms with E-state index in [9.17, 15) is 0 Å². The molecule has 4 rings (SSSR count). The highest BCUT2D eigenvalue weighted by Gasteiger charge is 2.18. The van der Waals surface area contributed by atoms with Gasteiger partial charge in [-0.1, -0.05) is 49.4 Å². The minimum absolute atomic E-state index is 0.241. The van der Waals surface area contributed by atoms with Gasteiger partial charge < -0.3 is 20.1 Å². The lowest BCUT2D eigenvalue weighted by Gasteiger charge is -2.23. The molecule has 0 saturated heterocycles. The smallest absolute Gasteiger partial charge is 0.169 e. The predicted octanol–water partition coefficient (Wildman–Crippen LogP) is 5.09. The van der Waals surface area contributed by atoms with Crippen LogP contribution >= 0.6 is 0 Å². The number of ether oxygens (including phenoxy) is 2. The molecule has 5 heteroatoms. The van der Waals surface area contributed by atoms with Gasteiger partial charge >= 0.3 is 0 Å². The quantitative estimate of drug-likeness (QED) is 0.534. The average molecular weight is 402 g/mol. The first-order chi connectivity index (χ1) is 14.7. The molecule has 30 heavy (non-hydrogen) atoms. The normalized spacial score (nSPS) is 14.0. The van der Waals surface area contributed by atoms with Crippen LogP contribution in [0.5, 0.6) is 17.2 Å². The lowest BCUT2D eigenvalue weighted by Crippen LogP contribution is -2.24. The van der Waals surface area contributed by atoms with Crippen molar-refractivity contribution in [3.8, 4) is 17.2 Å². The molecule has 0 radical (unpaired) electrons. The summed E-state index contributed by atoms with van der Waals surface area (Å²) in [6.07, 6.45) is 1.93. The Kier molecular flexibility index (Phi) is 6.18. The van der Waals surface area contributed by atoms with Crippen molar-refractivity contribution in [2.24, 2.45) is 4.99 Å². The molecule has 1 heterocycles. The van der Waals surface area contributed by atoms with E-state index in [1.54, 1.807) is 0 Å². The van der Waals surface area contributed by atoms with Crippen molar-refractivity contribution in [2.45, 2.75) is 19.4 Å². The highest BCUT2D eigenvalue weighted by Crippen LogP contribution is 2.37. The van der Waals surface area contributed by atoms with Gasteiger partial charge in [-0.3, -0.25) is 4.99 Å². The second-order valence-electron chi connectivity index (χ2n) is 7.54. The molecule has 0 saturated carbocycles. The van der Waals surface area contributed by atoms with Crippen LogP contribution in [0.3, 0.4) is 0 Å². The molecule has 1 atom stereocenters.